The smallest absolute Gasteiger partial charge is 0.102 e. The number of halogens is 4. The molecule has 0 bridgehead atoms. The molecule has 8 aliphatic rings. The fraction of sp³-hybridized carbons (Fsp3) is 0.533. The molecule has 6 aromatic rings. The summed E-state index contributed by atoms with van der Waals surface area (Å²) >= 11 is -3.04. The van der Waals surface area contributed by atoms with E-state index in [1.807, 2.05) is 49.1 Å². The second-order valence-electron chi connectivity index (χ2n) is 28.7. The molecular weight excluding hydrogens is 1650 g/mol. The Kier molecular flexibility index (Phi) is 55.6. The van der Waals surface area contributed by atoms with Crippen LogP contribution in [0.25, 0.3) is 0 Å². The third kappa shape index (κ3) is 40.0. The molecule has 0 unspecified atom stereocenters. The molecule has 4 heterocycles. The first kappa shape index (κ1) is 97.8. The van der Waals surface area contributed by atoms with Gasteiger partial charge in [-0.25, -0.2) is 0 Å². The Labute approximate surface area is 684 Å². The summed E-state index contributed by atoms with van der Waals surface area (Å²) in [7, 11) is 21.9. The summed E-state index contributed by atoms with van der Waals surface area (Å²) in [5.41, 5.74) is 6.87. The molecule has 0 amide bonds. The van der Waals surface area contributed by atoms with Crippen LogP contribution in [-0.4, -0.2) is 145 Å². The average Bonchev–Trinajstić information content (AvgIpc) is 1.62. The Morgan fingerprint density at radius 1 is 0.308 bits per heavy atom. The van der Waals surface area contributed by atoms with Crippen LogP contribution in [0, 0.1) is 0 Å². The molecule has 0 spiro atoms. The van der Waals surface area contributed by atoms with Gasteiger partial charge in [0.15, 0.2) is 0 Å². The van der Waals surface area contributed by atoms with Crippen molar-refractivity contribution in [2.45, 2.75) is 214 Å². The van der Waals surface area contributed by atoms with Crippen LogP contribution in [0.2, 0.25) is 0 Å². The van der Waals surface area contributed by atoms with Gasteiger partial charge in [0, 0.05) is 26.3 Å². The summed E-state index contributed by atoms with van der Waals surface area (Å²) in [6, 6.07) is 65.0. The predicted octanol–water partition coefficient (Wildman–Crippen LogP) is 22.6. The third-order valence-electron chi connectivity index (χ3n) is 20.2. The van der Waals surface area contributed by atoms with E-state index in [1.165, 1.54) is 159 Å². The van der Waals surface area contributed by atoms with Crippen LogP contribution in [0.4, 0.5) is 0 Å². The molecule has 17 heteroatoms. The second kappa shape index (κ2) is 60.9. The Morgan fingerprint density at radius 3 is 0.673 bits per heavy atom. The number of ether oxygens (including phenoxy) is 4. The van der Waals surface area contributed by atoms with Crippen molar-refractivity contribution in [1.82, 2.24) is 14.2 Å². The van der Waals surface area contributed by atoms with E-state index < -0.39 is 42.9 Å². The van der Waals surface area contributed by atoms with Gasteiger partial charge in [0.05, 0.1) is 120 Å². The van der Waals surface area contributed by atoms with Crippen LogP contribution < -0.4 is 31.8 Å². The summed E-state index contributed by atoms with van der Waals surface area (Å²) in [4.78, 5) is 2.27. The molecule has 0 N–H and O–H groups in total. The summed E-state index contributed by atoms with van der Waals surface area (Å²) in [5.74, 6) is 0. The van der Waals surface area contributed by atoms with Gasteiger partial charge in [-0.15, -0.1) is 0 Å². The number of morpholine rings is 3. The van der Waals surface area contributed by atoms with Crippen molar-refractivity contribution in [1.29, 1.82) is 0 Å². The van der Waals surface area contributed by atoms with Gasteiger partial charge in [0.1, 0.15) is 31.8 Å². The zero-order valence-corrected chi connectivity index (χ0v) is 74.1. The van der Waals surface area contributed by atoms with E-state index in [1.54, 1.807) is 51.4 Å². The van der Waals surface area contributed by atoms with Crippen LogP contribution in [0.5, 0.6) is 0 Å². The first-order valence-corrected chi connectivity index (χ1v) is 56.3. The maximum absolute atomic E-state index is 5.60. The third-order valence-corrected chi connectivity index (χ3v) is 37.3. The van der Waals surface area contributed by atoms with E-state index in [9.17, 15) is 0 Å². The number of allylic oxidation sites excluding steroid dienone is 4. The first-order chi connectivity index (χ1) is 50.9. The van der Waals surface area contributed by atoms with E-state index in [0.29, 0.717) is 0 Å². The summed E-state index contributed by atoms with van der Waals surface area (Å²) in [6.45, 7) is 23.0. The van der Waals surface area contributed by atoms with Gasteiger partial charge >= 0.3 is 126 Å². The van der Waals surface area contributed by atoms with Crippen molar-refractivity contribution in [3.05, 3.63) is 205 Å². The molecule has 0 radical (unpaired) electrons. The maximum Gasteiger partial charge on any atom is 0.102 e. The molecule has 4 aliphatic carbocycles. The number of likely N-dealkylation sites (N-methyl/N-ethyl adjacent to an activating group) is 1. The van der Waals surface area contributed by atoms with Gasteiger partial charge in [0.2, 0.25) is 0 Å². The number of hydrogen-bond donors (Lipinski definition) is 0. The number of hydrogen-bond acceptors (Lipinski definition) is 7. The van der Waals surface area contributed by atoms with Crippen LogP contribution in [0.1, 0.15) is 191 Å². The monoisotopic (exact) mass is 1800 g/mol. The van der Waals surface area contributed by atoms with Crippen molar-refractivity contribution < 1.29 is 46.0 Å². The average molecular weight is 1800 g/mol. The Balaban J connectivity index is 0.000000267. The van der Waals surface area contributed by atoms with Crippen LogP contribution in [-0.2, 0) is 46.0 Å². The second-order valence-corrected chi connectivity index (χ2v) is 51.5. The summed E-state index contributed by atoms with van der Waals surface area (Å²) in [6.07, 6.45) is 36.9. The number of nitrogens with zero attached hydrogens (tertiary/aromatic N) is 3. The fourth-order valence-electron chi connectivity index (χ4n) is 15.1. The molecule has 107 heavy (non-hydrogen) atoms. The van der Waals surface area contributed by atoms with Crippen molar-refractivity contribution in [3.8, 4) is 0 Å². The topological polar surface area (TPSA) is 46.6 Å². The largest absolute Gasteiger partial charge is 0.379 e. The Bertz CT molecular complexity index is 2710. The normalized spacial score (nSPS) is 18.3. The molecule has 4 aliphatic heterocycles. The minimum absolute atomic E-state index is 0. The molecule has 0 aromatic heterocycles. The zero-order chi connectivity index (χ0) is 73.5. The van der Waals surface area contributed by atoms with Gasteiger partial charge in [-0.2, -0.15) is 9.34 Å². The minimum atomic E-state index is -1.52. The van der Waals surface area contributed by atoms with Gasteiger partial charge in [-0.1, -0.05) is 157 Å². The van der Waals surface area contributed by atoms with E-state index >= 15 is 0 Å². The summed E-state index contributed by atoms with van der Waals surface area (Å²) < 4.78 is 30.8. The number of rotatable bonds is 14. The molecule has 4 saturated carbocycles. The molecule has 8 fully saturated rings. The van der Waals surface area contributed by atoms with Crippen molar-refractivity contribution in [2.75, 3.05) is 99.2 Å². The van der Waals surface area contributed by atoms with Crippen LogP contribution in [0.3, 0.4) is 0 Å². The van der Waals surface area contributed by atoms with Gasteiger partial charge < -0.3 is 23.8 Å². The Morgan fingerprint density at radius 2 is 0.514 bits per heavy atom. The van der Waals surface area contributed by atoms with Crippen molar-refractivity contribution in [3.63, 3.8) is 0 Å². The molecule has 0 atom stereocenters. The van der Waals surface area contributed by atoms with Gasteiger partial charge in [-0.3, -0.25) is 0 Å². The van der Waals surface area contributed by atoms with E-state index in [-0.39, 0.29) is 38.4 Å². The van der Waals surface area contributed by atoms with Crippen molar-refractivity contribution in [2.24, 2.45) is 0 Å². The molecule has 7 nitrogen and oxygen atoms in total. The minimum Gasteiger partial charge on any atom is -0.379 e. The van der Waals surface area contributed by atoms with E-state index in [4.69, 9.17) is 57.7 Å². The van der Waals surface area contributed by atoms with Crippen LogP contribution in [0.15, 0.2) is 205 Å². The molecule has 4 saturated heterocycles. The fourth-order valence-corrected chi connectivity index (χ4v) is 31.7. The van der Waals surface area contributed by atoms with Gasteiger partial charge in [-0.05, 0) is 195 Å². The van der Waals surface area contributed by atoms with E-state index in [0.717, 1.165) is 88.6 Å². The molecule has 14 rings (SSSR count). The van der Waals surface area contributed by atoms with Crippen LogP contribution >= 0.6 is 70.8 Å². The SMILES string of the molecule is C.C.C.C1CCC([PH+](C2CCCCC2)N2CCOCC2)CC1.C1CCC([PH+](C2CCCCC2)N2CCOCC2)CC1.C1CCOC1.CC(C)=C[CH]=[Ru]([Cl])[Cl].CC(C)=C[CH]=[Ru]([Cl])[Cl].CN1CCOCC1.c1ccc([PH+](c2ccccc2)c2ccccc2)cc1.c1ccc([PH+](c2ccccc2)c2ccccc2)cc1. The quantitative estimate of drug-likeness (QED) is 0.0795. The molecule has 6 aromatic carbocycles. The standard InChI is InChI=1S/2C18H15P.2C16H30NOP.C5H11NO.2C5H8.C4H8O.3CH4.4ClH.2Ru/c2*1-4-10-16(11-5-1)19(17-12-6-2-7-13-17)18-14-8-3-9-15-18;2*1-3-7-15(8-4-1)19(16-9-5-2-6-10-16)17-11-13-18-14-12-17;1-6-2-4-7-5-3-6;2*1-4-5(2)3;1-2-4-5-3-1;;;;;;;;;/h2*1-15H;2*15-16H,1-14H2;2-5H2,1H3;2*1,4H,2-3H3;1-4H2;3*1H4;4*1H;;/q;;;;;;;;;;;;;;;2*+2. The zero-order valence-electron chi connectivity index (χ0n) is 63.6. The van der Waals surface area contributed by atoms with E-state index in [2.05, 4.69) is 203 Å². The maximum atomic E-state index is 5.60. The number of benzene rings is 6. The summed E-state index contributed by atoms with van der Waals surface area (Å²) in [5, 5.41) is 8.61. The van der Waals surface area contributed by atoms with Crippen molar-refractivity contribution >= 4 is 112 Å². The Hall–Kier alpha value is -1.61. The molecule has 600 valence electrons. The predicted molar refractivity (Wildman–Crippen MR) is 485 cm³/mol. The first-order valence-electron chi connectivity index (χ1n) is 39.2. The van der Waals surface area contributed by atoms with Gasteiger partial charge in [0.25, 0.3) is 0 Å². The molecular formula is C90H141Cl4N3O4P4Ru2+4.